The van der Waals surface area contributed by atoms with Crippen molar-refractivity contribution in [3.8, 4) is 0 Å². The molecule has 0 aromatic heterocycles. The molecule has 0 aliphatic carbocycles. The number of benzene rings is 1. The number of aryl methyl sites for hydroxylation is 1. The molecule has 2 N–H and O–H groups in total. The number of hydrogen-bond acceptors (Lipinski definition) is 3. The monoisotopic (exact) mass is 377 g/mol. The number of rotatable bonds is 5. The van der Waals surface area contributed by atoms with Crippen LogP contribution in [0, 0.1) is 6.92 Å². The molecular weight excluding hydrogens is 354 g/mol. The maximum absolute atomic E-state index is 12.9. The molecule has 1 heterocycles. The molecule has 1 aromatic rings. The van der Waals surface area contributed by atoms with Crippen molar-refractivity contribution in [2.24, 2.45) is 10.7 Å². The lowest BCUT2D eigenvalue weighted by Gasteiger charge is -2.22. The minimum atomic E-state index is 0.0713. The molecule has 0 saturated carbocycles. The molecule has 0 radical (unpaired) electrons. The van der Waals surface area contributed by atoms with Gasteiger partial charge in [-0.25, -0.2) is 4.99 Å². The SMILES string of the molecule is CCCN(CCC)C(=O)C1=Cc2c(C)cc(Br)cc2N=C(N)C1. The highest BCUT2D eigenvalue weighted by Crippen LogP contribution is 2.32. The van der Waals surface area contributed by atoms with E-state index >= 15 is 0 Å². The average Bonchev–Trinajstić information content (AvgIpc) is 2.64. The molecule has 5 heteroatoms. The van der Waals surface area contributed by atoms with Gasteiger partial charge in [-0.3, -0.25) is 4.79 Å². The van der Waals surface area contributed by atoms with E-state index in [4.69, 9.17) is 5.73 Å². The summed E-state index contributed by atoms with van der Waals surface area (Å²) in [6, 6.07) is 3.97. The van der Waals surface area contributed by atoms with Crippen molar-refractivity contribution < 1.29 is 4.79 Å². The van der Waals surface area contributed by atoms with Crippen LogP contribution in [0.5, 0.6) is 0 Å². The van der Waals surface area contributed by atoms with Crippen molar-refractivity contribution >= 4 is 39.4 Å². The van der Waals surface area contributed by atoms with Gasteiger partial charge in [-0.1, -0.05) is 29.8 Å². The summed E-state index contributed by atoms with van der Waals surface area (Å²) >= 11 is 3.49. The first-order valence-corrected chi connectivity index (χ1v) is 8.88. The number of amides is 1. The van der Waals surface area contributed by atoms with E-state index in [1.807, 2.05) is 30.0 Å². The van der Waals surface area contributed by atoms with Gasteiger partial charge in [-0.05, 0) is 43.5 Å². The third-order valence-corrected chi connectivity index (χ3v) is 4.29. The van der Waals surface area contributed by atoms with Gasteiger partial charge in [-0.2, -0.15) is 0 Å². The summed E-state index contributed by atoms with van der Waals surface area (Å²) in [7, 11) is 0. The van der Waals surface area contributed by atoms with Crippen LogP contribution in [0.15, 0.2) is 27.2 Å². The largest absolute Gasteiger partial charge is 0.387 e. The minimum Gasteiger partial charge on any atom is -0.387 e. The van der Waals surface area contributed by atoms with Gasteiger partial charge in [0.25, 0.3) is 0 Å². The molecule has 0 atom stereocenters. The van der Waals surface area contributed by atoms with Crippen molar-refractivity contribution in [2.75, 3.05) is 13.1 Å². The maximum atomic E-state index is 12.9. The molecule has 1 aromatic carbocycles. The van der Waals surface area contributed by atoms with E-state index in [2.05, 4.69) is 34.8 Å². The van der Waals surface area contributed by atoms with Gasteiger partial charge in [0.05, 0.1) is 5.69 Å². The molecule has 0 saturated heterocycles. The van der Waals surface area contributed by atoms with E-state index < -0.39 is 0 Å². The zero-order valence-electron chi connectivity index (χ0n) is 14.0. The molecule has 0 spiro atoms. The van der Waals surface area contributed by atoms with Crippen molar-refractivity contribution in [3.63, 3.8) is 0 Å². The van der Waals surface area contributed by atoms with Gasteiger partial charge in [0.2, 0.25) is 5.91 Å². The number of amidine groups is 1. The Hall–Kier alpha value is -1.62. The standard InChI is InChI=1S/C18H24BrN3O/c1-4-6-22(7-5-2)18(23)13-9-15-12(3)8-14(19)11-16(15)21-17(20)10-13/h8-9,11H,4-7,10H2,1-3H3,(H2,20,21). The van der Waals surface area contributed by atoms with E-state index in [1.165, 1.54) is 0 Å². The van der Waals surface area contributed by atoms with Crippen LogP contribution in [0.1, 0.15) is 44.2 Å². The van der Waals surface area contributed by atoms with E-state index in [0.717, 1.165) is 52.8 Å². The minimum absolute atomic E-state index is 0.0713. The highest BCUT2D eigenvalue weighted by molar-refractivity contribution is 9.10. The van der Waals surface area contributed by atoms with Crippen LogP contribution in [0.3, 0.4) is 0 Å². The van der Waals surface area contributed by atoms with Gasteiger partial charge in [0.1, 0.15) is 5.84 Å². The highest BCUT2D eigenvalue weighted by Gasteiger charge is 2.21. The quantitative estimate of drug-likeness (QED) is 0.836. The average molecular weight is 378 g/mol. The van der Waals surface area contributed by atoms with Crippen LogP contribution in [-0.2, 0) is 4.79 Å². The van der Waals surface area contributed by atoms with Crippen LogP contribution >= 0.6 is 15.9 Å². The number of aliphatic imine (C=N–C) groups is 1. The summed E-state index contributed by atoms with van der Waals surface area (Å²) in [5.74, 6) is 0.552. The first-order valence-electron chi connectivity index (χ1n) is 8.09. The number of fused-ring (bicyclic) bond motifs is 1. The van der Waals surface area contributed by atoms with Gasteiger partial charge < -0.3 is 10.6 Å². The zero-order chi connectivity index (χ0) is 17.0. The molecule has 0 unspecified atom stereocenters. The van der Waals surface area contributed by atoms with Crippen molar-refractivity contribution in [1.29, 1.82) is 0 Å². The fraction of sp³-hybridized carbons (Fsp3) is 0.444. The second-order valence-electron chi connectivity index (χ2n) is 5.90. The molecule has 0 fully saturated rings. The fourth-order valence-corrected chi connectivity index (χ4v) is 3.39. The van der Waals surface area contributed by atoms with E-state index in [9.17, 15) is 4.79 Å². The number of carbonyl (C=O) groups excluding carboxylic acids is 1. The molecule has 2 rings (SSSR count). The van der Waals surface area contributed by atoms with Crippen LogP contribution in [0.4, 0.5) is 5.69 Å². The lowest BCUT2D eigenvalue weighted by molar-refractivity contribution is -0.127. The maximum Gasteiger partial charge on any atom is 0.250 e. The Bertz CT molecular complexity index is 658. The molecule has 124 valence electrons. The Labute approximate surface area is 146 Å². The lowest BCUT2D eigenvalue weighted by Crippen LogP contribution is -2.34. The van der Waals surface area contributed by atoms with Crippen LogP contribution in [-0.4, -0.2) is 29.7 Å². The molecule has 4 nitrogen and oxygen atoms in total. The number of nitrogens with zero attached hydrogens (tertiary/aromatic N) is 2. The van der Waals surface area contributed by atoms with Crippen molar-refractivity contribution in [2.45, 2.75) is 40.0 Å². The van der Waals surface area contributed by atoms with Crippen LogP contribution < -0.4 is 5.73 Å². The Kier molecular flexibility index (Phi) is 5.99. The molecule has 1 aliphatic rings. The Balaban J connectivity index is 2.44. The Morgan fingerprint density at radius 1 is 1.30 bits per heavy atom. The first kappa shape index (κ1) is 17.7. The number of hydrogen-bond donors (Lipinski definition) is 1. The zero-order valence-corrected chi connectivity index (χ0v) is 15.6. The third-order valence-electron chi connectivity index (χ3n) is 3.83. The van der Waals surface area contributed by atoms with Crippen LogP contribution in [0.2, 0.25) is 0 Å². The molecule has 23 heavy (non-hydrogen) atoms. The number of halogens is 1. The summed E-state index contributed by atoms with van der Waals surface area (Å²) in [6.45, 7) is 7.74. The second kappa shape index (κ2) is 7.77. The molecule has 1 amide bonds. The van der Waals surface area contributed by atoms with Gasteiger partial charge in [0.15, 0.2) is 0 Å². The molecule has 0 bridgehead atoms. The van der Waals surface area contributed by atoms with E-state index in [-0.39, 0.29) is 5.91 Å². The van der Waals surface area contributed by atoms with Crippen LogP contribution in [0.25, 0.3) is 6.08 Å². The summed E-state index contributed by atoms with van der Waals surface area (Å²) < 4.78 is 0.965. The summed E-state index contributed by atoms with van der Waals surface area (Å²) in [6.07, 6.45) is 4.26. The normalized spacial score (nSPS) is 13.7. The predicted octanol–water partition coefficient (Wildman–Crippen LogP) is 4.18. The van der Waals surface area contributed by atoms with E-state index in [0.29, 0.717) is 12.3 Å². The first-order chi connectivity index (χ1) is 11.0. The highest BCUT2D eigenvalue weighted by atomic mass is 79.9. The fourth-order valence-electron chi connectivity index (χ4n) is 2.83. The topological polar surface area (TPSA) is 58.7 Å². The number of nitrogens with two attached hydrogens (primary N) is 1. The van der Waals surface area contributed by atoms with Gasteiger partial charge in [-0.15, -0.1) is 0 Å². The summed E-state index contributed by atoms with van der Waals surface area (Å²) in [5, 5.41) is 0. The summed E-state index contributed by atoms with van der Waals surface area (Å²) in [4.78, 5) is 19.3. The Morgan fingerprint density at radius 3 is 2.57 bits per heavy atom. The Morgan fingerprint density at radius 2 is 1.96 bits per heavy atom. The number of carbonyl (C=O) groups is 1. The molecule has 1 aliphatic heterocycles. The molecular formula is C18H24BrN3O. The predicted molar refractivity (Wildman–Crippen MR) is 99.9 cm³/mol. The summed E-state index contributed by atoms with van der Waals surface area (Å²) in [5.41, 5.74) is 9.64. The van der Waals surface area contributed by atoms with Gasteiger partial charge >= 0.3 is 0 Å². The smallest absolute Gasteiger partial charge is 0.250 e. The van der Waals surface area contributed by atoms with E-state index in [1.54, 1.807) is 0 Å². The van der Waals surface area contributed by atoms with Crippen molar-refractivity contribution in [3.05, 3.63) is 33.3 Å². The van der Waals surface area contributed by atoms with Crippen molar-refractivity contribution in [1.82, 2.24) is 4.90 Å². The van der Waals surface area contributed by atoms with Gasteiger partial charge in [0, 0.05) is 35.1 Å². The third kappa shape index (κ3) is 4.22. The lowest BCUT2D eigenvalue weighted by atomic mass is 10.0. The second-order valence-corrected chi connectivity index (χ2v) is 6.81.